The number of aromatic amines is 1. The number of carboxylic acid groups (broad SMARTS) is 1. The molecule has 0 radical (unpaired) electrons. The number of para-hydroxylation sites is 1. The Hall–Kier alpha value is -2.56. The molecule has 0 bridgehead atoms. The second-order valence-corrected chi connectivity index (χ2v) is 5.45. The number of carbonyl (C=O) groups excluding carboxylic acids is 1. The molecule has 1 unspecified atom stereocenters. The molecular formula is C18H22N2O3. The molecule has 0 spiro atoms. The zero-order valence-corrected chi connectivity index (χ0v) is 13.4. The van der Waals surface area contributed by atoms with Crippen molar-refractivity contribution in [2.24, 2.45) is 0 Å². The first-order valence-electron chi connectivity index (χ1n) is 7.78. The molecule has 0 aliphatic carbocycles. The third-order valence-electron chi connectivity index (χ3n) is 3.86. The number of rotatable bonds is 7. The van der Waals surface area contributed by atoms with Gasteiger partial charge in [0.2, 0.25) is 5.91 Å². The molecule has 1 atom stereocenters. The monoisotopic (exact) mass is 314 g/mol. The normalized spacial score (nSPS) is 12.6. The van der Waals surface area contributed by atoms with Gasteiger partial charge in [-0.25, -0.2) is 4.79 Å². The Morgan fingerprint density at radius 3 is 2.78 bits per heavy atom. The van der Waals surface area contributed by atoms with Crippen molar-refractivity contribution in [1.82, 2.24) is 10.3 Å². The van der Waals surface area contributed by atoms with Crippen LogP contribution in [-0.2, 0) is 22.4 Å². The highest BCUT2D eigenvalue weighted by Crippen LogP contribution is 2.22. The maximum Gasteiger partial charge on any atom is 0.326 e. The lowest BCUT2D eigenvalue weighted by atomic mass is 10.1. The Morgan fingerprint density at radius 1 is 1.35 bits per heavy atom. The number of allylic oxidation sites excluding steroid dienone is 1. The topological polar surface area (TPSA) is 82.2 Å². The van der Waals surface area contributed by atoms with E-state index in [-0.39, 0.29) is 18.7 Å². The molecule has 0 aliphatic heterocycles. The minimum atomic E-state index is -1.02. The van der Waals surface area contributed by atoms with Gasteiger partial charge >= 0.3 is 5.97 Å². The largest absolute Gasteiger partial charge is 0.480 e. The van der Waals surface area contributed by atoms with E-state index >= 15 is 0 Å². The van der Waals surface area contributed by atoms with E-state index in [2.05, 4.69) is 23.3 Å². The van der Waals surface area contributed by atoms with E-state index in [4.69, 9.17) is 5.11 Å². The molecule has 23 heavy (non-hydrogen) atoms. The van der Waals surface area contributed by atoms with Crippen molar-refractivity contribution in [3.05, 3.63) is 47.7 Å². The number of fused-ring (bicyclic) bond motifs is 1. The van der Waals surface area contributed by atoms with Crippen LogP contribution in [0.5, 0.6) is 0 Å². The predicted molar refractivity (Wildman–Crippen MR) is 90.4 cm³/mol. The lowest BCUT2D eigenvalue weighted by Gasteiger charge is -2.12. The highest BCUT2D eigenvalue weighted by atomic mass is 16.4. The summed E-state index contributed by atoms with van der Waals surface area (Å²) in [5.74, 6) is -1.31. The number of aryl methyl sites for hydroxylation is 1. The van der Waals surface area contributed by atoms with Crippen LogP contribution in [0, 0.1) is 0 Å². The molecular weight excluding hydrogens is 292 g/mol. The first-order valence-corrected chi connectivity index (χ1v) is 7.78. The van der Waals surface area contributed by atoms with Crippen molar-refractivity contribution < 1.29 is 14.7 Å². The van der Waals surface area contributed by atoms with Crippen molar-refractivity contribution >= 4 is 22.8 Å². The molecule has 1 aromatic carbocycles. The average molecular weight is 314 g/mol. The number of aromatic nitrogens is 1. The number of hydrogen-bond acceptors (Lipinski definition) is 2. The smallest absolute Gasteiger partial charge is 0.326 e. The van der Waals surface area contributed by atoms with Crippen LogP contribution in [0.3, 0.4) is 0 Å². The average Bonchev–Trinajstić information content (AvgIpc) is 2.94. The van der Waals surface area contributed by atoms with Gasteiger partial charge in [0.05, 0.1) is 6.42 Å². The highest BCUT2D eigenvalue weighted by molar-refractivity contribution is 5.91. The van der Waals surface area contributed by atoms with Gasteiger partial charge in [-0.05, 0) is 30.9 Å². The minimum absolute atomic E-state index is 0.160. The zero-order valence-electron chi connectivity index (χ0n) is 13.4. The third-order valence-corrected chi connectivity index (χ3v) is 3.86. The predicted octanol–water partition coefficient (Wildman–Crippen LogP) is 2.81. The van der Waals surface area contributed by atoms with E-state index in [1.54, 1.807) is 12.2 Å². The minimum Gasteiger partial charge on any atom is -0.480 e. The number of hydrogen-bond donors (Lipinski definition) is 3. The lowest BCUT2D eigenvalue weighted by Crippen LogP contribution is -2.41. The lowest BCUT2D eigenvalue weighted by molar-refractivity contribution is -0.141. The van der Waals surface area contributed by atoms with Gasteiger partial charge in [-0.1, -0.05) is 37.3 Å². The Balaban J connectivity index is 2.12. The summed E-state index contributed by atoms with van der Waals surface area (Å²) in [6.07, 6.45) is 6.68. The molecule has 0 fully saturated rings. The van der Waals surface area contributed by atoms with Crippen LogP contribution in [0.25, 0.3) is 10.9 Å². The molecule has 0 saturated heterocycles. The maximum atomic E-state index is 12.2. The Bertz CT molecular complexity index is 731. The summed E-state index contributed by atoms with van der Waals surface area (Å²) in [5.41, 5.74) is 3.12. The SMILES string of the molecule is C/C=C/CC(NC(=O)Cc1c[nH]c2c(CC)cccc12)C(=O)O. The molecule has 5 heteroatoms. The van der Waals surface area contributed by atoms with Gasteiger partial charge in [0.1, 0.15) is 6.04 Å². The van der Waals surface area contributed by atoms with E-state index in [0.29, 0.717) is 0 Å². The number of amides is 1. The number of benzene rings is 1. The molecule has 3 N–H and O–H groups in total. The van der Waals surface area contributed by atoms with Gasteiger partial charge in [-0.2, -0.15) is 0 Å². The van der Waals surface area contributed by atoms with Crippen molar-refractivity contribution in [2.45, 2.75) is 39.2 Å². The number of carbonyl (C=O) groups is 2. The summed E-state index contributed by atoms with van der Waals surface area (Å²) in [5, 5.41) is 12.8. The van der Waals surface area contributed by atoms with Crippen LogP contribution in [-0.4, -0.2) is 28.0 Å². The summed E-state index contributed by atoms with van der Waals surface area (Å²) < 4.78 is 0. The van der Waals surface area contributed by atoms with Gasteiger partial charge in [0, 0.05) is 17.1 Å². The number of nitrogens with one attached hydrogen (secondary N) is 2. The summed E-state index contributed by atoms with van der Waals surface area (Å²) in [6.45, 7) is 3.90. The number of aliphatic carboxylic acids is 1. The van der Waals surface area contributed by atoms with Crippen molar-refractivity contribution in [3.8, 4) is 0 Å². The molecule has 0 saturated carbocycles. The number of carboxylic acids is 1. The van der Waals surface area contributed by atoms with Gasteiger partial charge in [-0.3, -0.25) is 4.79 Å². The van der Waals surface area contributed by atoms with E-state index < -0.39 is 12.0 Å². The van der Waals surface area contributed by atoms with Gasteiger partial charge in [0.15, 0.2) is 0 Å². The van der Waals surface area contributed by atoms with Crippen molar-refractivity contribution in [1.29, 1.82) is 0 Å². The molecule has 0 aliphatic rings. The fourth-order valence-corrected chi connectivity index (χ4v) is 2.63. The fraction of sp³-hybridized carbons (Fsp3) is 0.333. The van der Waals surface area contributed by atoms with Crippen LogP contribution < -0.4 is 5.32 Å². The Labute approximate surface area is 135 Å². The number of H-pyrrole nitrogens is 1. The van der Waals surface area contributed by atoms with Crippen LogP contribution in [0.2, 0.25) is 0 Å². The molecule has 122 valence electrons. The summed E-state index contributed by atoms with van der Waals surface area (Å²) in [6, 6.07) is 5.11. The fourth-order valence-electron chi connectivity index (χ4n) is 2.63. The van der Waals surface area contributed by atoms with E-state index in [1.165, 1.54) is 5.56 Å². The second-order valence-electron chi connectivity index (χ2n) is 5.45. The molecule has 5 nitrogen and oxygen atoms in total. The van der Waals surface area contributed by atoms with Gasteiger partial charge < -0.3 is 15.4 Å². The molecule has 2 rings (SSSR count). The molecule has 1 amide bonds. The quantitative estimate of drug-likeness (QED) is 0.687. The standard InChI is InChI=1S/C18H22N2O3/c1-3-5-9-15(18(22)23)20-16(21)10-13-11-19-17-12(4-2)7-6-8-14(13)17/h3,5-8,11,15,19H,4,9-10H2,1-2H3,(H,20,21)(H,22,23)/b5-3+. The van der Waals surface area contributed by atoms with E-state index in [9.17, 15) is 9.59 Å². The highest BCUT2D eigenvalue weighted by Gasteiger charge is 2.19. The summed E-state index contributed by atoms with van der Waals surface area (Å²) in [4.78, 5) is 26.6. The van der Waals surface area contributed by atoms with Crippen LogP contribution in [0.4, 0.5) is 0 Å². The van der Waals surface area contributed by atoms with Crippen LogP contribution in [0.1, 0.15) is 31.4 Å². The van der Waals surface area contributed by atoms with Crippen LogP contribution >= 0.6 is 0 Å². The van der Waals surface area contributed by atoms with Crippen molar-refractivity contribution in [3.63, 3.8) is 0 Å². The van der Waals surface area contributed by atoms with Gasteiger partial charge in [0.25, 0.3) is 0 Å². The Kier molecular flexibility index (Phi) is 5.57. The van der Waals surface area contributed by atoms with E-state index in [1.807, 2.05) is 25.3 Å². The second kappa shape index (κ2) is 7.63. The molecule has 1 aromatic heterocycles. The van der Waals surface area contributed by atoms with E-state index in [0.717, 1.165) is 22.9 Å². The molecule has 1 heterocycles. The van der Waals surface area contributed by atoms with Gasteiger partial charge in [-0.15, -0.1) is 0 Å². The maximum absolute atomic E-state index is 12.2. The third kappa shape index (κ3) is 4.00. The molecule has 2 aromatic rings. The first kappa shape index (κ1) is 16.8. The zero-order chi connectivity index (χ0) is 16.8. The Morgan fingerprint density at radius 2 is 2.13 bits per heavy atom. The van der Waals surface area contributed by atoms with Crippen LogP contribution in [0.15, 0.2) is 36.5 Å². The summed E-state index contributed by atoms with van der Waals surface area (Å²) in [7, 11) is 0. The first-order chi connectivity index (χ1) is 11.1. The summed E-state index contributed by atoms with van der Waals surface area (Å²) >= 11 is 0. The van der Waals surface area contributed by atoms with Crippen molar-refractivity contribution in [2.75, 3.05) is 0 Å².